The van der Waals surface area contributed by atoms with Gasteiger partial charge in [-0.1, -0.05) is 57.2 Å². The molecular weight excluding hydrogens is 1140 g/mol. The Kier molecular flexibility index (Phi) is 18.4. The van der Waals surface area contributed by atoms with E-state index in [1.165, 1.54) is 11.1 Å². The Morgan fingerprint density at radius 1 is 0.871 bits per heavy atom. The number of aliphatic hydroxyl groups excluding tert-OH is 1. The van der Waals surface area contributed by atoms with Crippen LogP contribution in [0.1, 0.15) is 73.6 Å². The van der Waals surface area contributed by atoms with Crippen molar-refractivity contribution in [2.75, 3.05) is 88.2 Å². The first-order valence-corrected chi connectivity index (χ1v) is 30.8. The highest BCUT2D eigenvalue weighted by atomic mass is 32.2. The van der Waals surface area contributed by atoms with Crippen LogP contribution in [0.5, 0.6) is 0 Å². The molecule has 4 aliphatic heterocycles. The molecule has 0 aliphatic carbocycles. The minimum absolute atomic E-state index is 0.0101. The van der Waals surface area contributed by atoms with Gasteiger partial charge < -0.3 is 40.2 Å². The molecule has 25 heteroatoms. The lowest BCUT2D eigenvalue weighted by Gasteiger charge is -2.39. The van der Waals surface area contributed by atoms with Crippen LogP contribution in [0.3, 0.4) is 0 Å². The number of carbonyl (C=O) groups excluding carboxylic acids is 5. The van der Waals surface area contributed by atoms with Crippen molar-refractivity contribution in [2.24, 2.45) is 11.3 Å². The monoisotopic (exact) mass is 1210 g/mol. The van der Waals surface area contributed by atoms with Crippen molar-refractivity contribution in [1.29, 1.82) is 0 Å². The molecule has 10 rings (SSSR count). The molecule has 4 saturated heterocycles. The van der Waals surface area contributed by atoms with Crippen LogP contribution in [0.15, 0.2) is 84.6 Å². The summed E-state index contributed by atoms with van der Waals surface area (Å²) in [7, 11) is -4.38. The predicted molar refractivity (Wildman–Crippen MR) is 315 cm³/mol. The largest absolute Gasteiger partial charge is 0.459 e. The van der Waals surface area contributed by atoms with Crippen LogP contribution in [-0.2, 0) is 40.7 Å². The highest BCUT2D eigenvalue weighted by Gasteiger charge is 2.46. The normalized spacial score (nSPS) is 19.7. The van der Waals surface area contributed by atoms with Crippen molar-refractivity contribution < 1.29 is 55.4 Å². The second kappa shape index (κ2) is 25.7. The summed E-state index contributed by atoms with van der Waals surface area (Å²) in [6, 6.07) is 17.1. The summed E-state index contributed by atoms with van der Waals surface area (Å²) in [5, 5.41) is 15.7. The molecule has 7 heterocycles. The van der Waals surface area contributed by atoms with Crippen LogP contribution in [0.2, 0.25) is 0 Å². The lowest BCUT2D eigenvalue weighted by Crippen LogP contribution is -2.59. The summed E-state index contributed by atoms with van der Waals surface area (Å²) in [5.41, 5.74) is 4.98. The second-order valence-corrected chi connectivity index (χ2v) is 25.9. The number of halogens is 3. The molecule has 0 radical (unpaired) electrons. The van der Waals surface area contributed by atoms with Crippen molar-refractivity contribution in [2.45, 2.75) is 84.3 Å². The number of hydrogen-bond donors (Lipinski definition) is 5. The van der Waals surface area contributed by atoms with Crippen molar-refractivity contribution in [1.82, 2.24) is 44.6 Å². The maximum atomic E-state index is 15.9. The smallest absolute Gasteiger partial charge is 0.332 e. The van der Waals surface area contributed by atoms with Gasteiger partial charge in [0.15, 0.2) is 5.82 Å². The molecule has 3 aromatic carbocycles. The molecule has 20 nitrogen and oxygen atoms in total. The van der Waals surface area contributed by atoms with Gasteiger partial charge in [0.25, 0.3) is 0 Å². The highest BCUT2D eigenvalue weighted by Crippen LogP contribution is 2.34. The molecule has 5 N–H and O–H groups in total. The van der Waals surface area contributed by atoms with E-state index < -0.39 is 99.6 Å². The van der Waals surface area contributed by atoms with Gasteiger partial charge >= 0.3 is 16.2 Å². The summed E-state index contributed by atoms with van der Waals surface area (Å²) in [4.78, 5) is 89.1. The van der Waals surface area contributed by atoms with E-state index in [0.29, 0.717) is 35.6 Å². The van der Waals surface area contributed by atoms with E-state index in [2.05, 4.69) is 40.3 Å². The summed E-state index contributed by atoms with van der Waals surface area (Å²) < 4.78 is 78.9. The number of amides is 3. The predicted octanol–water partition coefficient (Wildman–Crippen LogP) is 6.06. The topological polar surface area (TPSA) is 243 Å². The zero-order chi connectivity index (χ0) is 60.3. The Bertz CT molecular complexity index is 3550. The zero-order valence-corrected chi connectivity index (χ0v) is 49.4. The Labute approximate surface area is 495 Å². The fourth-order valence-electron chi connectivity index (χ4n) is 11.6. The first-order chi connectivity index (χ1) is 40.6. The van der Waals surface area contributed by atoms with Gasteiger partial charge in [-0.2, -0.15) is 12.7 Å². The van der Waals surface area contributed by atoms with E-state index in [9.17, 15) is 41.9 Å². The standard InChI is InChI=1S/C60H70F3N11O9S2/c1-36-55(84-35-67-36)40-7-5-37(6-8-40)27-66-58(79)49-26-44(83-51(77)34-75)32-74(49)59(80)56(60(2,3)4)68-50(76)33-71-23-21-70(22-24-71)30-38-15-18-72(19-16-38)43-11-9-39(10-12-43)41-25-45-46(29-65-57(45)64-28-41)54(78)52-47(62)13-14-48(53(52)63)69-85(81,82)73-20-17-42(61)31-73/h5-14,25,28-29,35,38,42,44,49,56,69,75H,15-24,26-27,30-34H2,1-4H3,(H,64,65)(H,66,79)(H,68,76)/t42-,44-,49+,56-/m1/s1. The number of anilines is 2. The number of rotatable bonds is 19. The second-order valence-electron chi connectivity index (χ2n) is 23.4. The first kappa shape index (κ1) is 60.8. The molecular formula is C60H70F3N11O9S2. The summed E-state index contributed by atoms with van der Waals surface area (Å²) in [6.45, 7) is 11.8. The number of benzene rings is 3. The number of nitrogens with zero attached hydrogens (tertiary/aromatic N) is 7. The van der Waals surface area contributed by atoms with Crippen LogP contribution >= 0.6 is 11.3 Å². The lowest BCUT2D eigenvalue weighted by atomic mass is 9.85. The number of aryl methyl sites for hydroxylation is 1. The van der Waals surface area contributed by atoms with E-state index in [-0.39, 0.29) is 50.5 Å². The van der Waals surface area contributed by atoms with Gasteiger partial charge in [-0.15, -0.1) is 11.3 Å². The first-order valence-electron chi connectivity index (χ1n) is 28.5. The Hall–Kier alpha value is -7.29. The molecule has 0 unspecified atom stereocenters. The van der Waals surface area contributed by atoms with Gasteiger partial charge in [0.2, 0.25) is 23.5 Å². The number of aromatic amines is 1. The van der Waals surface area contributed by atoms with Crippen LogP contribution < -0.4 is 20.3 Å². The third kappa shape index (κ3) is 14.0. The summed E-state index contributed by atoms with van der Waals surface area (Å²) in [6.07, 6.45) is 2.73. The fourth-order valence-corrected chi connectivity index (χ4v) is 13.7. The Morgan fingerprint density at radius 3 is 2.24 bits per heavy atom. The molecule has 0 saturated carbocycles. The lowest BCUT2D eigenvalue weighted by molar-refractivity contribution is -0.152. The molecule has 3 amide bonds. The number of ketones is 1. The third-order valence-electron chi connectivity index (χ3n) is 16.4. The Morgan fingerprint density at radius 2 is 1.58 bits per heavy atom. The number of aromatic nitrogens is 3. The number of nitrogens with one attached hydrogen (secondary N) is 4. The van der Waals surface area contributed by atoms with Gasteiger partial charge in [-0.25, -0.2) is 27.9 Å². The number of piperidine rings is 1. The number of H-pyrrole nitrogens is 1. The van der Waals surface area contributed by atoms with Crippen molar-refractivity contribution in [3.63, 3.8) is 0 Å². The highest BCUT2D eigenvalue weighted by molar-refractivity contribution is 7.90. The summed E-state index contributed by atoms with van der Waals surface area (Å²) in [5.74, 6) is -5.21. The fraction of sp³-hybridized carbons (Fsp3) is 0.450. The number of fused-ring (bicyclic) bond motifs is 1. The Balaban J connectivity index is 0.691. The van der Waals surface area contributed by atoms with Crippen molar-refractivity contribution >= 4 is 73.4 Å². The van der Waals surface area contributed by atoms with Gasteiger partial charge in [0.05, 0.1) is 40.4 Å². The molecule has 4 fully saturated rings. The molecule has 452 valence electrons. The third-order valence-corrected chi connectivity index (χ3v) is 18.9. The number of esters is 1. The van der Waals surface area contributed by atoms with E-state index in [4.69, 9.17) is 4.74 Å². The number of hydrogen-bond acceptors (Lipinski definition) is 15. The number of piperazine rings is 1. The molecule has 3 aromatic heterocycles. The van der Waals surface area contributed by atoms with E-state index >= 15 is 8.78 Å². The number of carbonyl (C=O) groups is 5. The minimum atomic E-state index is -4.38. The number of ether oxygens (including phenoxy) is 1. The van der Waals surface area contributed by atoms with Gasteiger partial charge in [-0.05, 0) is 84.5 Å². The quantitative estimate of drug-likeness (QED) is 0.0458. The molecule has 0 spiro atoms. The average molecular weight is 1210 g/mol. The molecule has 0 bridgehead atoms. The van der Waals surface area contributed by atoms with Crippen molar-refractivity contribution in [3.05, 3.63) is 119 Å². The number of alkyl halides is 1. The van der Waals surface area contributed by atoms with Crippen LogP contribution in [0.4, 0.5) is 24.5 Å². The summed E-state index contributed by atoms with van der Waals surface area (Å²) >= 11 is 1.55. The zero-order valence-electron chi connectivity index (χ0n) is 47.8. The van der Waals surface area contributed by atoms with Gasteiger partial charge in [0, 0.05) is 106 Å². The van der Waals surface area contributed by atoms with Gasteiger partial charge in [0.1, 0.15) is 42.4 Å². The maximum absolute atomic E-state index is 15.9. The average Bonchev–Trinajstić information content (AvgIpc) is 3.61. The van der Waals surface area contributed by atoms with E-state index in [0.717, 1.165) is 95.0 Å². The maximum Gasteiger partial charge on any atom is 0.332 e. The minimum Gasteiger partial charge on any atom is -0.459 e. The molecule has 4 aliphatic rings. The number of thiazole rings is 1. The molecule has 6 aromatic rings. The molecule has 85 heavy (non-hydrogen) atoms. The van der Waals surface area contributed by atoms with Gasteiger partial charge in [-0.3, -0.25) is 28.8 Å². The van der Waals surface area contributed by atoms with Crippen molar-refractivity contribution in [3.8, 4) is 21.6 Å². The SMILES string of the molecule is Cc1ncsc1-c1ccc(CNC(=O)[C@@H]2C[C@@H](OC(=O)CO)CN2C(=O)[C@@H](NC(=O)CN2CCN(CC3CCN(c4ccc(-c5cnc6[nH]cc(C(=O)c7c(F)ccc(NS(=O)(=O)N8CC[C@@H](F)C8)c7F)c6c5)cc4)CC3)CC2)C(C)(C)C)cc1. The van der Waals surface area contributed by atoms with E-state index in [1.54, 1.807) is 29.1 Å². The van der Waals surface area contributed by atoms with Crippen LogP contribution in [0, 0.1) is 29.9 Å². The van der Waals surface area contributed by atoms with Crippen LogP contribution in [-0.4, -0.2) is 180 Å². The number of pyridine rings is 1. The molecule has 4 atom stereocenters. The van der Waals surface area contributed by atoms with Crippen LogP contribution in [0.25, 0.3) is 32.6 Å². The number of aliphatic hydroxyl groups is 1. The number of likely N-dealkylation sites (tertiary alicyclic amines) is 1. The van der Waals surface area contributed by atoms with E-state index in [1.807, 2.05) is 80.9 Å².